The van der Waals surface area contributed by atoms with E-state index in [1.54, 1.807) is 25.5 Å². The highest BCUT2D eigenvalue weighted by Crippen LogP contribution is 2.15. The Kier molecular flexibility index (Phi) is 6.55. The summed E-state index contributed by atoms with van der Waals surface area (Å²) >= 11 is 0. The van der Waals surface area contributed by atoms with Crippen LogP contribution in [0.3, 0.4) is 0 Å². The van der Waals surface area contributed by atoms with Gasteiger partial charge in [0.15, 0.2) is 0 Å². The van der Waals surface area contributed by atoms with E-state index in [4.69, 9.17) is 9.84 Å². The molecule has 0 saturated heterocycles. The molecule has 1 heterocycles. The van der Waals surface area contributed by atoms with Crippen molar-refractivity contribution in [1.82, 2.24) is 9.55 Å². The molecule has 118 valence electrons. The molecule has 1 atom stereocenters. The zero-order valence-corrected chi connectivity index (χ0v) is 13.2. The van der Waals surface area contributed by atoms with Gasteiger partial charge in [-0.25, -0.2) is 4.79 Å². The highest BCUT2D eigenvalue weighted by atomic mass is 16.5. The van der Waals surface area contributed by atoms with Gasteiger partial charge in [-0.1, -0.05) is 6.92 Å². The Morgan fingerprint density at radius 1 is 1.38 bits per heavy atom. The van der Waals surface area contributed by atoms with Crippen molar-refractivity contribution in [3.8, 4) is 0 Å². The Hall–Kier alpha value is -1.69. The van der Waals surface area contributed by atoms with Gasteiger partial charge in [0.25, 0.3) is 0 Å². The zero-order valence-electron chi connectivity index (χ0n) is 13.2. The summed E-state index contributed by atoms with van der Waals surface area (Å²) in [7, 11) is 1.65. The lowest BCUT2D eigenvalue weighted by Crippen LogP contribution is -2.29. The van der Waals surface area contributed by atoms with E-state index in [1.165, 1.54) is 0 Å². The summed E-state index contributed by atoms with van der Waals surface area (Å²) < 4.78 is 6.63. The first kappa shape index (κ1) is 17.4. The van der Waals surface area contributed by atoms with E-state index in [-0.39, 0.29) is 5.69 Å². The minimum Gasteiger partial charge on any atom is -0.481 e. The van der Waals surface area contributed by atoms with Crippen molar-refractivity contribution in [2.24, 2.45) is 5.92 Å². The van der Waals surface area contributed by atoms with Crippen LogP contribution in [0.1, 0.15) is 36.7 Å². The number of carboxylic acids is 1. The van der Waals surface area contributed by atoms with Crippen molar-refractivity contribution >= 4 is 5.97 Å². The number of rotatable bonds is 8. The van der Waals surface area contributed by atoms with Gasteiger partial charge in [-0.3, -0.25) is 9.36 Å². The third-order valence-corrected chi connectivity index (χ3v) is 3.68. The Morgan fingerprint density at radius 3 is 2.62 bits per heavy atom. The number of hydrogen-bond acceptors (Lipinski definition) is 4. The maximum Gasteiger partial charge on any atom is 0.347 e. The molecule has 1 aromatic rings. The summed E-state index contributed by atoms with van der Waals surface area (Å²) in [5, 5.41) is 9.05. The number of aryl methyl sites for hydroxylation is 1. The van der Waals surface area contributed by atoms with E-state index in [9.17, 15) is 9.59 Å². The molecule has 0 saturated carbocycles. The Balaban J connectivity index is 2.99. The zero-order chi connectivity index (χ0) is 16.0. The van der Waals surface area contributed by atoms with Crippen LogP contribution in [-0.4, -0.2) is 34.3 Å². The van der Waals surface area contributed by atoms with Gasteiger partial charge in [0.1, 0.15) is 0 Å². The van der Waals surface area contributed by atoms with Crippen LogP contribution >= 0.6 is 0 Å². The highest BCUT2D eigenvalue weighted by Gasteiger charge is 2.18. The number of ether oxygens (including phenoxy) is 1. The molecule has 0 fully saturated rings. The lowest BCUT2D eigenvalue weighted by Gasteiger charge is -2.17. The Labute approximate surface area is 124 Å². The second-order valence-corrected chi connectivity index (χ2v) is 5.34. The average molecular weight is 296 g/mol. The molecule has 6 nitrogen and oxygen atoms in total. The molecule has 1 N–H and O–H groups in total. The Morgan fingerprint density at radius 2 is 2.05 bits per heavy atom. The van der Waals surface area contributed by atoms with Gasteiger partial charge in [-0.05, 0) is 38.7 Å². The fourth-order valence-corrected chi connectivity index (χ4v) is 2.31. The summed E-state index contributed by atoms with van der Waals surface area (Å²) in [4.78, 5) is 27.0. The molecule has 0 amide bonds. The molecule has 0 aromatic carbocycles. The molecule has 0 aliphatic rings. The minimum absolute atomic E-state index is 0.269. The quantitative estimate of drug-likeness (QED) is 0.736. The minimum atomic E-state index is -0.841. The van der Waals surface area contributed by atoms with E-state index in [1.807, 2.05) is 6.92 Å². The van der Waals surface area contributed by atoms with E-state index < -0.39 is 11.9 Å². The SMILES string of the molecule is COCCCCn1c(C)c(CC(C)C(=O)O)c(C)nc1=O. The second kappa shape index (κ2) is 7.93. The summed E-state index contributed by atoms with van der Waals surface area (Å²) in [6.07, 6.45) is 2.09. The average Bonchev–Trinajstić information content (AvgIpc) is 2.42. The van der Waals surface area contributed by atoms with Crippen molar-refractivity contribution < 1.29 is 14.6 Å². The van der Waals surface area contributed by atoms with Crippen LogP contribution in [0.25, 0.3) is 0 Å². The fourth-order valence-electron chi connectivity index (χ4n) is 2.31. The predicted octanol–water partition coefficient (Wildman–Crippen LogP) is 1.55. The van der Waals surface area contributed by atoms with Crippen molar-refractivity contribution in [1.29, 1.82) is 0 Å². The summed E-state index contributed by atoms with van der Waals surface area (Å²) in [5.41, 5.74) is 2.03. The number of aliphatic carboxylic acids is 1. The van der Waals surface area contributed by atoms with E-state index in [2.05, 4.69) is 4.98 Å². The molecule has 0 aliphatic carbocycles. The van der Waals surface area contributed by atoms with Crippen LogP contribution in [0.15, 0.2) is 4.79 Å². The molecule has 21 heavy (non-hydrogen) atoms. The van der Waals surface area contributed by atoms with Crippen molar-refractivity contribution in [2.75, 3.05) is 13.7 Å². The van der Waals surface area contributed by atoms with Gasteiger partial charge < -0.3 is 9.84 Å². The van der Waals surface area contributed by atoms with Crippen molar-refractivity contribution in [2.45, 2.75) is 46.6 Å². The maximum atomic E-state index is 12.0. The first-order valence-electron chi connectivity index (χ1n) is 7.17. The highest BCUT2D eigenvalue weighted by molar-refractivity contribution is 5.70. The summed E-state index contributed by atoms with van der Waals surface area (Å²) in [6.45, 7) is 6.52. The topological polar surface area (TPSA) is 81.4 Å². The van der Waals surface area contributed by atoms with E-state index in [0.29, 0.717) is 25.3 Å². The summed E-state index contributed by atoms with van der Waals surface area (Å²) in [6, 6.07) is 0. The molecule has 1 aromatic heterocycles. The Bertz CT molecular complexity index is 551. The molecule has 0 spiro atoms. The van der Waals surface area contributed by atoms with Crippen molar-refractivity contribution in [3.63, 3.8) is 0 Å². The molecule has 1 rings (SSSR count). The van der Waals surface area contributed by atoms with Gasteiger partial charge in [0.05, 0.1) is 5.92 Å². The summed E-state index contributed by atoms with van der Waals surface area (Å²) in [5.74, 6) is -1.34. The van der Waals surface area contributed by atoms with Gasteiger partial charge in [-0.15, -0.1) is 0 Å². The van der Waals surface area contributed by atoms with Crippen LogP contribution < -0.4 is 5.69 Å². The lowest BCUT2D eigenvalue weighted by molar-refractivity contribution is -0.141. The standard InChI is InChI=1S/C15H24N2O4/c1-10(14(18)19)9-13-11(2)16-15(20)17(12(13)3)7-5-6-8-21-4/h10H,5-9H2,1-4H3,(H,18,19). The molecule has 6 heteroatoms. The number of hydrogen-bond donors (Lipinski definition) is 1. The van der Waals surface area contributed by atoms with Crippen LogP contribution in [0.5, 0.6) is 0 Å². The maximum absolute atomic E-state index is 12.0. The lowest BCUT2D eigenvalue weighted by atomic mass is 9.99. The first-order valence-corrected chi connectivity index (χ1v) is 7.17. The molecular formula is C15H24N2O4. The van der Waals surface area contributed by atoms with Gasteiger partial charge >= 0.3 is 11.7 Å². The molecular weight excluding hydrogens is 272 g/mol. The third-order valence-electron chi connectivity index (χ3n) is 3.68. The van der Waals surface area contributed by atoms with E-state index in [0.717, 1.165) is 24.1 Å². The van der Waals surface area contributed by atoms with E-state index >= 15 is 0 Å². The van der Waals surface area contributed by atoms with Gasteiger partial charge in [-0.2, -0.15) is 4.98 Å². The largest absolute Gasteiger partial charge is 0.481 e. The number of carboxylic acid groups (broad SMARTS) is 1. The number of methoxy groups -OCH3 is 1. The van der Waals surface area contributed by atoms with Gasteiger partial charge in [0.2, 0.25) is 0 Å². The van der Waals surface area contributed by atoms with Gasteiger partial charge in [0, 0.05) is 31.6 Å². The molecule has 0 bridgehead atoms. The van der Waals surface area contributed by atoms with Crippen LogP contribution in [0.4, 0.5) is 0 Å². The van der Waals surface area contributed by atoms with Crippen LogP contribution in [0.2, 0.25) is 0 Å². The smallest absolute Gasteiger partial charge is 0.347 e. The molecule has 0 radical (unpaired) electrons. The second-order valence-electron chi connectivity index (χ2n) is 5.34. The van der Waals surface area contributed by atoms with Crippen LogP contribution in [0, 0.1) is 19.8 Å². The number of nitrogens with zero attached hydrogens (tertiary/aromatic N) is 2. The number of unbranched alkanes of at least 4 members (excludes halogenated alkanes) is 1. The normalized spacial score (nSPS) is 12.4. The predicted molar refractivity (Wildman–Crippen MR) is 79.6 cm³/mol. The third kappa shape index (κ3) is 4.67. The fraction of sp³-hybridized carbons (Fsp3) is 0.667. The van der Waals surface area contributed by atoms with Crippen LogP contribution in [-0.2, 0) is 22.5 Å². The van der Waals surface area contributed by atoms with Crippen molar-refractivity contribution in [3.05, 3.63) is 27.4 Å². The number of carbonyl (C=O) groups is 1. The monoisotopic (exact) mass is 296 g/mol. The molecule has 0 aliphatic heterocycles. The molecule has 1 unspecified atom stereocenters. The number of aromatic nitrogens is 2. The first-order chi connectivity index (χ1) is 9.88.